The Morgan fingerprint density at radius 2 is 1.81 bits per heavy atom. The van der Waals surface area contributed by atoms with E-state index in [1.807, 2.05) is 69.5 Å². The highest BCUT2D eigenvalue weighted by molar-refractivity contribution is 5.92. The second-order valence-corrected chi connectivity index (χ2v) is 6.30. The fraction of sp³-hybridized carbons (Fsp3) is 0.333. The van der Waals surface area contributed by atoms with Gasteiger partial charge in [0.15, 0.2) is 0 Å². The van der Waals surface area contributed by atoms with Crippen LogP contribution >= 0.6 is 0 Å². The summed E-state index contributed by atoms with van der Waals surface area (Å²) in [6.07, 6.45) is 2.23. The number of nitrogens with one attached hydrogen (secondary N) is 1. The predicted molar refractivity (Wildman–Crippen MR) is 84.7 cm³/mol. The van der Waals surface area contributed by atoms with Gasteiger partial charge in [-0.15, -0.1) is 0 Å². The molecule has 1 unspecified atom stereocenters. The van der Waals surface area contributed by atoms with Crippen molar-refractivity contribution in [1.29, 1.82) is 0 Å². The third-order valence-corrected chi connectivity index (χ3v) is 3.21. The lowest BCUT2D eigenvalue weighted by atomic mass is 9.96. The molecule has 0 heterocycles. The van der Waals surface area contributed by atoms with E-state index in [9.17, 15) is 9.59 Å². The molecule has 0 aromatic heterocycles. The van der Waals surface area contributed by atoms with E-state index in [1.165, 1.54) is 0 Å². The van der Waals surface area contributed by atoms with Crippen LogP contribution in [-0.2, 0) is 16.0 Å². The highest BCUT2D eigenvalue weighted by Gasteiger charge is 2.23. The zero-order chi connectivity index (χ0) is 15.5. The third kappa shape index (κ3) is 4.15. The molecule has 2 aromatic carbocycles. The topological polar surface area (TPSA) is 46.2 Å². The second-order valence-electron chi connectivity index (χ2n) is 6.30. The van der Waals surface area contributed by atoms with Gasteiger partial charge in [0.05, 0.1) is 0 Å². The van der Waals surface area contributed by atoms with E-state index in [-0.39, 0.29) is 11.4 Å². The first-order chi connectivity index (χ1) is 9.89. The van der Waals surface area contributed by atoms with Gasteiger partial charge in [0.25, 0.3) is 0 Å². The van der Waals surface area contributed by atoms with E-state index < -0.39 is 5.92 Å². The lowest BCUT2D eigenvalue weighted by Crippen LogP contribution is -2.44. The number of hydrogen-bond acceptors (Lipinski definition) is 2. The van der Waals surface area contributed by atoms with Crippen molar-refractivity contribution >= 4 is 23.0 Å². The fourth-order valence-corrected chi connectivity index (χ4v) is 2.25. The van der Waals surface area contributed by atoms with Crippen LogP contribution in [0, 0.1) is 5.92 Å². The van der Waals surface area contributed by atoms with Crippen molar-refractivity contribution in [1.82, 2.24) is 5.32 Å². The maximum Gasteiger partial charge on any atom is 0.231 e. The van der Waals surface area contributed by atoms with Crippen LogP contribution in [0.15, 0.2) is 42.5 Å². The maximum atomic E-state index is 12.1. The Morgan fingerprint density at radius 3 is 2.43 bits per heavy atom. The summed E-state index contributed by atoms with van der Waals surface area (Å²) in [4.78, 5) is 23.2. The molecule has 0 aliphatic rings. The van der Waals surface area contributed by atoms with Crippen LogP contribution in [0.2, 0.25) is 0 Å². The van der Waals surface area contributed by atoms with E-state index in [2.05, 4.69) is 5.32 Å². The highest BCUT2D eigenvalue weighted by atomic mass is 16.2. The van der Waals surface area contributed by atoms with E-state index in [0.717, 1.165) is 16.3 Å². The Labute approximate surface area is 125 Å². The van der Waals surface area contributed by atoms with Gasteiger partial charge in [-0.1, -0.05) is 42.5 Å². The Kier molecular flexibility index (Phi) is 4.41. The van der Waals surface area contributed by atoms with Gasteiger partial charge in [-0.25, -0.2) is 0 Å². The number of benzene rings is 2. The molecule has 3 nitrogen and oxygen atoms in total. The van der Waals surface area contributed by atoms with Crippen molar-refractivity contribution in [3.63, 3.8) is 0 Å². The van der Waals surface area contributed by atoms with Crippen LogP contribution < -0.4 is 5.32 Å². The molecule has 21 heavy (non-hydrogen) atoms. The normalized spacial score (nSPS) is 12.9. The van der Waals surface area contributed by atoms with E-state index >= 15 is 0 Å². The van der Waals surface area contributed by atoms with Gasteiger partial charge in [0.1, 0.15) is 5.92 Å². The lowest BCUT2D eigenvalue weighted by molar-refractivity contribution is -0.124. The molecule has 0 saturated heterocycles. The van der Waals surface area contributed by atoms with Gasteiger partial charge >= 0.3 is 0 Å². The largest absolute Gasteiger partial charge is 0.351 e. The van der Waals surface area contributed by atoms with Gasteiger partial charge in [-0.05, 0) is 43.5 Å². The van der Waals surface area contributed by atoms with Crippen molar-refractivity contribution in [3.8, 4) is 0 Å². The van der Waals surface area contributed by atoms with Crippen LogP contribution in [0.25, 0.3) is 10.8 Å². The molecule has 2 aromatic rings. The summed E-state index contributed by atoms with van der Waals surface area (Å²) in [5, 5.41) is 5.08. The molecule has 1 N–H and O–H groups in total. The van der Waals surface area contributed by atoms with Gasteiger partial charge in [-0.2, -0.15) is 0 Å². The van der Waals surface area contributed by atoms with Crippen LogP contribution in [-0.4, -0.2) is 17.7 Å². The van der Waals surface area contributed by atoms with Crippen molar-refractivity contribution in [3.05, 3.63) is 48.0 Å². The molecule has 0 aliphatic carbocycles. The number of carbonyl (C=O) groups is 1. The first-order valence-electron chi connectivity index (χ1n) is 7.06. The molecule has 0 spiro atoms. The summed E-state index contributed by atoms with van der Waals surface area (Å²) in [6, 6.07) is 14.0. The van der Waals surface area contributed by atoms with Gasteiger partial charge in [0.2, 0.25) is 12.2 Å². The standard InChI is InChI=1S/C18H20NO2/c1-18(2,3)19-17(21)16(12-20)11-13-8-9-14-6-4-5-7-15(14)10-13/h4-10,16H,11H2,1-3H3,(H,19,21). The van der Waals surface area contributed by atoms with E-state index in [1.54, 1.807) is 0 Å². The molecule has 0 saturated carbocycles. The summed E-state index contributed by atoms with van der Waals surface area (Å²) in [5.74, 6) is -1.05. The fourth-order valence-electron chi connectivity index (χ4n) is 2.25. The number of rotatable bonds is 4. The van der Waals surface area contributed by atoms with Crippen molar-refractivity contribution in [2.75, 3.05) is 0 Å². The summed E-state index contributed by atoms with van der Waals surface area (Å²) < 4.78 is 0. The number of fused-ring (bicyclic) bond motifs is 1. The first-order valence-corrected chi connectivity index (χ1v) is 7.06. The van der Waals surface area contributed by atoms with Crippen molar-refractivity contribution in [2.45, 2.75) is 32.7 Å². The van der Waals surface area contributed by atoms with Crippen LogP contribution in [0.3, 0.4) is 0 Å². The molecule has 109 valence electrons. The smallest absolute Gasteiger partial charge is 0.231 e. The van der Waals surface area contributed by atoms with E-state index in [0.29, 0.717) is 6.42 Å². The average molecular weight is 282 g/mol. The monoisotopic (exact) mass is 282 g/mol. The predicted octanol–water partition coefficient (Wildman–Crippen LogP) is 3.02. The quantitative estimate of drug-likeness (QED) is 0.876. The minimum absolute atomic E-state index is 0.273. The maximum absolute atomic E-state index is 12.1. The average Bonchev–Trinajstić information content (AvgIpc) is 2.42. The minimum atomic E-state index is -0.773. The van der Waals surface area contributed by atoms with Crippen molar-refractivity contribution in [2.24, 2.45) is 5.92 Å². The number of carbonyl (C=O) groups excluding carboxylic acids is 2. The Hall–Kier alpha value is -2.16. The Balaban J connectivity index is 2.16. The molecule has 1 atom stereocenters. The summed E-state index contributed by atoms with van der Waals surface area (Å²) >= 11 is 0. The van der Waals surface area contributed by atoms with Crippen LogP contribution in [0.1, 0.15) is 26.3 Å². The molecular formula is C18H20NO2. The first kappa shape index (κ1) is 15.2. The van der Waals surface area contributed by atoms with Crippen LogP contribution in [0.4, 0.5) is 0 Å². The minimum Gasteiger partial charge on any atom is -0.351 e. The summed E-state index contributed by atoms with van der Waals surface area (Å²) in [6.45, 7) is 5.67. The summed E-state index contributed by atoms with van der Waals surface area (Å²) in [7, 11) is 0. The molecule has 0 aliphatic heterocycles. The molecule has 0 bridgehead atoms. The highest BCUT2D eigenvalue weighted by Crippen LogP contribution is 2.18. The Morgan fingerprint density at radius 1 is 1.14 bits per heavy atom. The number of hydrogen-bond donors (Lipinski definition) is 1. The zero-order valence-corrected chi connectivity index (χ0v) is 12.6. The van der Waals surface area contributed by atoms with Crippen molar-refractivity contribution < 1.29 is 9.59 Å². The molecule has 1 radical (unpaired) electrons. The van der Waals surface area contributed by atoms with E-state index in [4.69, 9.17) is 0 Å². The van der Waals surface area contributed by atoms with Crippen LogP contribution in [0.5, 0.6) is 0 Å². The SMILES string of the molecule is CC(C)(C)NC(=O)C([C]=O)Cc1ccc2ccccc2c1. The molecule has 2 rings (SSSR count). The van der Waals surface area contributed by atoms with Gasteiger partial charge < -0.3 is 5.32 Å². The second kappa shape index (κ2) is 6.08. The third-order valence-electron chi connectivity index (χ3n) is 3.21. The van der Waals surface area contributed by atoms with Gasteiger partial charge in [-0.3, -0.25) is 9.59 Å². The molecule has 0 fully saturated rings. The molecule has 1 amide bonds. The number of amides is 1. The molecular weight excluding hydrogens is 262 g/mol. The zero-order valence-electron chi connectivity index (χ0n) is 12.6. The Bertz CT molecular complexity index is 656. The lowest BCUT2D eigenvalue weighted by Gasteiger charge is -2.22. The molecule has 3 heteroatoms. The van der Waals surface area contributed by atoms with Gasteiger partial charge in [0, 0.05) is 5.54 Å². The summed E-state index contributed by atoms with van der Waals surface area (Å²) in [5.41, 5.74) is 0.612.